The summed E-state index contributed by atoms with van der Waals surface area (Å²) in [6.45, 7) is 0. The molecule has 0 saturated carbocycles. The number of nitrogens with zero attached hydrogens (tertiary/aromatic N) is 4. The molecule has 3 aromatic rings. The van der Waals surface area contributed by atoms with Gasteiger partial charge in [0.25, 0.3) is 5.92 Å². The summed E-state index contributed by atoms with van der Waals surface area (Å²) >= 11 is 0. The summed E-state index contributed by atoms with van der Waals surface area (Å²) in [6.07, 6.45) is 6.75. The summed E-state index contributed by atoms with van der Waals surface area (Å²) in [5.41, 5.74) is 1.26. The van der Waals surface area contributed by atoms with Gasteiger partial charge in [0.1, 0.15) is 17.4 Å². The Morgan fingerprint density at radius 2 is 1.97 bits per heavy atom. The second-order valence-electron chi connectivity index (χ2n) is 8.21. The molecule has 3 N–H and O–H groups in total. The Morgan fingerprint density at radius 3 is 2.65 bits per heavy atom. The predicted molar refractivity (Wildman–Crippen MR) is 108 cm³/mol. The summed E-state index contributed by atoms with van der Waals surface area (Å²) < 4.78 is 42.6. The van der Waals surface area contributed by atoms with Gasteiger partial charge >= 0.3 is 0 Å². The Bertz CT molecular complexity index is 1090. The number of benzene rings is 1. The molecule has 2 aliphatic heterocycles. The molecule has 2 aromatic heterocycles. The first-order valence-corrected chi connectivity index (χ1v) is 10.0. The highest BCUT2D eigenvalue weighted by Crippen LogP contribution is 2.41. The van der Waals surface area contributed by atoms with Gasteiger partial charge in [-0.05, 0) is 25.0 Å². The van der Waals surface area contributed by atoms with Crippen LogP contribution >= 0.6 is 0 Å². The molecule has 5 rings (SSSR count). The number of aromatic hydroxyl groups is 1. The van der Waals surface area contributed by atoms with Crippen molar-refractivity contribution in [2.24, 2.45) is 0 Å². The zero-order valence-electron chi connectivity index (χ0n) is 16.7. The van der Waals surface area contributed by atoms with E-state index in [9.17, 15) is 18.3 Å². The lowest BCUT2D eigenvalue weighted by molar-refractivity contribution is -0.0128. The van der Waals surface area contributed by atoms with E-state index >= 15 is 0 Å². The van der Waals surface area contributed by atoms with Gasteiger partial charge in [0, 0.05) is 48.4 Å². The normalized spacial score (nSPS) is 24.3. The van der Waals surface area contributed by atoms with E-state index in [0.717, 1.165) is 0 Å². The molecule has 2 saturated heterocycles. The van der Waals surface area contributed by atoms with Crippen LogP contribution in [0.15, 0.2) is 36.9 Å². The highest BCUT2D eigenvalue weighted by Gasteiger charge is 2.53. The molecular formula is C21H21F3N6O. The second kappa shape index (κ2) is 7.23. The third kappa shape index (κ3) is 3.50. The first kappa shape index (κ1) is 19.8. The SMILES string of the molecule is CN(c1cnc(-c2cc(F)c(-c3cn[nH]c3)cc2O)cn1)[C@H]1C[C@@H]2CC(F)(F)[C@H](C1)N2. The highest BCUT2D eigenvalue weighted by atomic mass is 19.3. The van der Waals surface area contributed by atoms with Crippen molar-refractivity contribution in [2.45, 2.75) is 43.3 Å². The van der Waals surface area contributed by atoms with E-state index in [1.165, 1.54) is 36.9 Å². The van der Waals surface area contributed by atoms with Gasteiger partial charge in [0.05, 0.1) is 30.3 Å². The van der Waals surface area contributed by atoms with Crippen molar-refractivity contribution in [3.05, 3.63) is 42.7 Å². The number of alkyl halides is 2. The van der Waals surface area contributed by atoms with Crippen molar-refractivity contribution in [3.8, 4) is 28.1 Å². The lowest BCUT2D eigenvalue weighted by Crippen LogP contribution is -2.49. The number of fused-ring (bicyclic) bond motifs is 2. The third-order valence-electron chi connectivity index (χ3n) is 6.25. The number of aromatic nitrogens is 4. The van der Waals surface area contributed by atoms with Crippen LogP contribution < -0.4 is 10.2 Å². The zero-order chi connectivity index (χ0) is 21.8. The number of aromatic amines is 1. The summed E-state index contributed by atoms with van der Waals surface area (Å²) in [5, 5.41) is 19.8. The maximum atomic E-state index is 14.6. The van der Waals surface area contributed by atoms with Crippen LogP contribution in [-0.2, 0) is 0 Å². The first-order valence-electron chi connectivity index (χ1n) is 10.0. The molecule has 10 heteroatoms. The molecule has 0 spiro atoms. The van der Waals surface area contributed by atoms with E-state index in [4.69, 9.17) is 0 Å². The van der Waals surface area contributed by atoms with E-state index in [1.807, 2.05) is 11.9 Å². The van der Waals surface area contributed by atoms with E-state index in [0.29, 0.717) is 29.9 Å². The largest absolute Gasteiger partial charge is 0.507 e. The minimum Gasteiger partial charge on any atom is -0.507 e. The fourth-order valence-electron chi connectivity index (χ4n) is 4.56. The zero-order valence-corrected chi connectivity index (χ0v) is 16.7. The van der Waals surface area contributed by atoms with E-state index in [-0.39, 0.29) is 35.4 Å². The Kier molecular flexibility index (Phi) is 4.62. The lowest BCUT2D eigenvalue weighted by atomic mass is 9.98. The number of piperidine rings is 1. The smallest absolute Gasteiger partial charge is 0.264 e. The van der Waals surface area contributed by atoms with Gasteiger partial charge in [-0.25, -0.2) is 18.2 Å². The fourth-order valence-corrected chi connectivity index (χ4v) is 4.56. The van der Waals surface area contributed by atoms with Crippen molar-refractivity contribution in [1.29, 1.82) is 0 Å². The first-order chi connectivity index (χ1) is 14.8. The molecule has 0 radical (unpaired) electrons. The molecular weight excluding hydrogens is 409 g/mol. The van der Waals surface area contributed by atoms with Crippen LogP contribution in [0.5, 0.6) is 5.75 Å². The minimum absolute atomic E-state index is 0.0788. The minimum atomic E-state index is -2.68. The van der Waals surface area contributed by atoms with Gasteiger partial charge in [0.15, 0.2) is 0 Å². The molecule has 2 aliphatic rings. The van der Waals surface area contributed by atoms with Crippen LogP contribution in [0.25, 0.3) is 22.4 Å². The standard InChI is InChI=1S/C21H21F3N6O/c1-30(13-2-12-6-21(23,24)19(3-13)29-12)20-10-25-17(9-26-20)15-4-16(22)14(5-18(15)31)11-7-27-28-8-11/h4-5,7-10,12-13,19,29,31H,2-3,6H2,1H3,(H,27,28)/t12-,13+,19+/m1/s1. The van der Waals surface area contributed by atoms with Gasteiger partial charge in [-0.1, -0.05) is 0 Å². The number of H-pyrrole nitrogens is 1. The summed E-state index contributed by atoms with van der Waals surface area (Å²) in [4.78, 5) is 10.6. The highest BCUT2D eigenvalue weighted by molar-refractivity contribution is 5.74. The maximum absolute atomic E-state index is 14.6. The third-order valence-corrected chi connectivity index (χ3v) is 6.25. The molecule has 2 fully saturated rings. The van der Waals surface area contributed by atoms with Crippen molar-refractivity contribution < 1.29 is 18.3 Å². The van der Waals surface area contributed by atoms with Crippen molar-refractivity contribution in [1.82, 2.24) is 25.5 Å². The van der Waals surface area contributed by atoms with E-state index in [1.54, 1.807) is 0 Å². The van der Waals surface area contributed by atoms with E-state index < -0.39 is 17.8 Å². The number of nitrogens with one attached hydrogen (secondary N) is 2. The van der Waals surface area contributed by atoms with Crippen molar-refractivity contribution in [2.75, 3.05) is 11.9 Å². The number of phenols is 1. The van der Waals surface area contributed by atoms with Gasteiger partial charge in [-0.15, -0.1) is 0 Å². The molecule has 4 heterocycles. The number of anilines is 1. The summed E-state index contributed by atoms with van der Waals surface area (Å²) in [6, 6.07) is 1.42. The van der Waals surface area contributed by atoms with Gasteiger partial charge in [-0.2, -0.15) is 5.10 Å². The fraction of sp³-hybridized carbons (Fsp3) is 0.381. The van der Waals surface area contributed by atoms with Crippen LogP contribution in [0.1, 0.15) is 19.3 Å². The van der Waals surface area contributed by atoms with Gasteiger partial charge in [0.2, 0.25) is 0 Å². The average molecular weight is 430 g/mol. The molecule has 0 unspecified atom stereocenters. The van der Waals surface area contributed by atoms with Crippen molar-refractivity contribution in [3.63, 3.8) is 0 Å². The van der Waals surface area contributed by atoms with Crippen LogP contribution in [0.4, 0.5) is 19.0 Å². The molecule has 0 amide bonds. The molecule has 7 nitrogen and oxygen atoms in total. The number of hydrogen-bond acceptors (Lipinski definition) is 6. The van der Waals surface area contributed by atoms with Gasteiger partial charge < -0.3 is 15.3 Å². The average Bonchev–Trinajstić information content (AvgIpc) is 3.35. The molecule has 1 aromatic carbocycles. The van der Waals surface area contributed by atoms with Crippen molar-refractivity contribution >= 4 is 5.82 Å². The van der Waals surface area contributed by atoms with E-state index in [2.05, 4.69) is 25.5 Å². The number of hydrogen-bond donors (Lipinski definition) is 3. The summed E-state index contributed by atoms with van der Waals surface area (Å²) in [5.74, 6) is -2.80. The van der Waals surface area contributed by atoms with Crippen LogP contribution in [0, 0.1) is 5.82 Å². The Balaban J connectivity index is 1.36. The number of halogens is 3. The molecule has 0 aliphatic carbocycles. The molecule has 162 valence electrons. The maximum Gasteiger partial charge on any atom is 0.264 e. The molecule has 31 heavy (non-hydrogen) atoms. The van der Waals surface area contributed by atoms with Crippen LogP contribution in [0.3, 0.4) is 0 Å². The number of phenolic OH excluding ortho intramolecular Hbond substituents is 1. The quantitative estimate of drug-likeness (QED) is 0.588. The summed E-state index contributed by atoms with van der Waals surface area (Å²) in [7, 11) is 1.81. The molecule has 3 atom stereocenters. The predicted octanol–water partition coefficient (Wildman–Crippen LogP) is 3.34. The topological polar surface area (TPSA) is 90.0 Å². The second-order valence-corrected chi connectivity index (χ2v) is 8.21. The lowest BCUT2D eigenvalue weighted by Gasteiger charge is -2.36. The monoisotopic (exact) mass is 430 g/mol. The Morgan fingerprint density at radius 1 is 1.13 bits per heavy atom. The number of rotatable bonds is 4. The van der Waals surface area contributed by atoms with Crippen LogP contribution in [0.2, 0.25) is 0 Å². The molecule has 2 bridgehead atoms. The van der Waals surface area contributed by atoms with Crippen LogP contribution in [-0.4, -0.2) is 56.4 Å². The Labute approximate surface area is 176 Å². The Hall–Kier alpha value is -3.14. The van der Waals surface area contributed by atoms with Gasteiger partial charge in [-0.3, -0.25) is 10.1 Å².